The maximum Gasteiger partial charge on any atom is 0.266 e. The first kappa shape index (κ1) is 12.6. The van der Waals surface area contributed by atoms with E-state index < -0.39 is 10.0 Å². The topological polar surface area (TPSA) is 110 Å². The highest BCUT2D eigenvalue weighted by molar-refractivity contribution is 7.93. The summed E-state index contributed by atoms with van der Waals surface area (Å²) in [5.41, 5.74) is 0. The Labute approximate surface area is 108 Å². The molecule has 96 valence electrons. The molecule has 2 N–H and O–H groups in total. The van der Waals surface area contributed by atoms with Gasteiger partial charge in [0.1, 0.15) is 9.90 Å². The lowest BCUT2D eigenvalue weighted by Crippen LogP contribution is -2.13. The number of anilines is 2. The molecule has 8 nitrogen and oxygen atoms in total. The number of aromatic nitrogens is 4. The van der Waals surface area contributed by atoms with E-state index in [2.05, 4.69) is 30.2 Å². The molecule has 0 unspecified atom stereocenters. The number of hydrogen-bond acceptors (Lipinski definition) is 8. The Balaban J connectivity index is 2.24. The lowest BCUT2D eigenvalue weighted by atomic mass is 10.7. The number of hydrogen-bond donors (Lipinski definition) is 2. The molecule has 10 heteroatoms. The van der Waals surface area contributed by atoms with Crippen LogP contribution in [0.4, 0.5) is 11.1 Å². The van der Waals surface area contributed by atoms with Crippen molar-refractivity contribution in [2.75, 3.05) is 17.1 Å². The predicted molar refractivity (Wildman–Crippen MR) is 67.0 cm³/mol. The molecular weight excluding hydrogens is 276 g/mol. The lowest BCUT2D eigenvalue weighted by Gasteiger charge is -2.04. The molecule has 0 bridgehead atoms. The number of rotatable bonds is 4. The summed E-state index contributed by atoms with van der Waals surface area (Å²) in [6, 6.07) is 0. The monoisotopic (exact) mass is 286 g/mol. The number of nitrogens with one attached hydrogen (secondary N) is 2. The summed E-state index contributed by atoms with van der Waals surface area (Å²) in [6.07, 6.45) is 2.43. The highest BCUT2D eigenvalue weighted by atomic mass is 32.2. The first-order chi connectivity index (χ1) is 8.51. The number of sulfonamides is 1. The second kappa shape index (κ2) is 4.82. The van der Waals surface area contributed by atoms with E-state index in [0.29, 0.717) is 11.0 Å². The summed E-state index contributed by atoms with van der Waals surface area (Å²) in [5, 5.41) is 11.0. The first-order valence-electron chi connectivity index (χ1n) is 4.84. The Hall–Kier alpha value is -1.81. The molecule has 0 radical (unpaired) electrons. The lowest BCUT2D eigenvalue weighted by molar-refractivity contribution is 0.600. The SMILES string of the molecule is CNc1ncc(S(=O)(=O)Nc2nnc(C)s2)cn1. The van der Waals surface area contributed by atoms with E-state index in [1.54, 1.807) is 14.0 Å². The highest BCUT2D eigenvalue weighted by Crippen LogP contribution is 2.18. The molecule has 2 rings (SSSR count). The summed E-state index contributed by atoms with van der Waals surface area (Å²) in [4.78, 5) is 7.64. The average Bonchev–Trinajstić information content (AvgIpc) is 2.74. The van der Waals surface area contributed by atoms with Crippen LogP contribution in [0.25, 0.3) is 0 Å². The molecule has 0 spiro atoms. The van der Waals surface area contributed by atoms with E-state index >= 15 is 0 Å². The molecule has 2 heterocycles. The van der Waals surface area contributed by atoms with Crippen LogP contribution >= 0.6 is 11.3 Å². The van der Waals surface area contributed by atoms with Gasteiger partial charge in [-0.1, -0.05) is 11.3 Å². The third-order valence-corrected chi connectivity index (χ3v) is 4.09. The molecule has 0 aliphatic heterocycles. The van der Waals surface area contributed by atoms with Crippen molar-refractivity contribution in [3.8, 4) is 0 Å². The molecule has 0 aromatic carbocycles. The van der Waals surface area contributed by atoms with Crippen LogP contribution in [0.15, 0.2) is 17.3 Å². The van der Waals surface area contributed by atoms with E-state index in [1.807, 2.05) is 0 Å². The van der Waals surface area contributed by atoms with Gasteiger partial charge >= 0.3 is 0 Å². The van der Waals surface area contributed by atoms with Gasteiger partial charge in [-0.25, -0.2) is 18.4 Å². The van der Waals surface area contributed by atoms with Crippen molar-refractivity contribution < 1.29 is 8.42 Å². The Bertz CT molecular complexity index is 636. The van der Waals surface area contributed by atoms with Crippen molar-refractivity contribution in [3.05, 3.63) is 17.4 Å². The first-order valence-corrected chi connectivity index (χ1v) is 7.14. The predicted octanol–water partition coefficient (Wildman–Crippen LogP) is 0.479. The summed E-state index contributed by atoms with van der Waals surface area (Å²) in [7, 11) is -2.08. The van der Waals surface area contributed by atoms with Gasteiger partial charge in [-0.3, -0.25) is 4.72 Å². The summed E-state index contributed by atoms with van der Waals surface area (Å²) >= 11 is 1.15. The molecule has 0 saturated heterocycles. The smallest absolute Gasteiger partial charge is 0.266 e. The minimum Gasteiger partial charge on any atom is -0.357 e. The molecule has 0 aliphatic carbocycles. The van der Waals surface area contributed by atoms with Gasteiger partial charge in [-0.2, -0.15) is 0 Å². The fraction of sp³-hybridized carbons (Fsp3) is 0.250. The van der Waals surface area contributed by atoms with Crippen molar-refractivity contribution in [2.45, 2.75) is 11.8 Å². The van der Waals surface area contributed by atoms with Crippen molar-refractivity contribution in [1.29, 1.82) is 0 Å². The second-order valence-corrected chi connectivity index (χ2v) is 6.09. The number of aryl methyl sites for hydroxylation is 1. The highest BCUT2D eigenvalue weighted by Gasteiger charge is 2.17. The zero-order valence-corrected chi connectivity index (χ0v) is 11.2. The Morgan fingerprint density at radius 2 is 1.89 bits per heavy atom. The van der Waals surface area contributed by atoms with Crippen molar-refractivity contribution in [1.82, 2.24) is 20.2 Å². The molecule has 18 heavy (non-hydrogen) atoms. The largest absolute Gasteiger partial charge is 0.357 e. The van der Waals surface area contributed by atoms with Gasteiger partial charge in [0.15, 0.2) is 0 Å². The van der Waals surface area contributed by atoms with Gasteiger partial charge in [0.2, 0.25) is 11.1 Å². The van der Waals surface area contributed by atoms with Crippen LogP contribution in [0.2, 0.25) is 0 Å². The van der Waals surface area contributed by atoms with Crippen LogP contribution < -0.4 is 10.0 Å². The molecule has 2 aromatic heterocycles. The van der Waals surface area contributed by atoms with E-state index in [-0.39, 0.29) is 10.0 Å². The Morgan fingerprint density at radius 1 is 1.22 bits per heavy atom. The van der Waals surface area contributed by atoms with Crippen LogP contribution in [-0.2, 0) is 10.0 Å². The maximum atomic E-state index is 11.9. The standard InChI is InChI=1S/C8H10N6O2S2/c1-5-12-13-8(17-5)14-18(15,16)6-3-10-7(9-2)11-4-6/h3-4H,1-2H3,(H,13,14)(H,9,10,11). The zero-order valence-electron chi connectivity index (χ0n) is 9.58. The van der Waals surface area contributed by atoms with E-state index in [0.717, 1.165) is 11.3 Å². The quantitative estimate of drug-likeness (QED) is 0.841. The normalized spacial score (nSPS) is 11.2. The minimum absolute atomic E-state index is 0.0330. The molecular formula is C8H10N6O2S2. The van der Waals surface area contributed by atoms with Crippen LogP contribution in [0.5, 0.6) is 0 Å². The van der Waals surface area contributed by atoms with Gasteiger partial charge in [0.05, 0.1) is 12.4 Å². The summed E-state index contributed by atoms with van der Waals surface area (Å²) in [5.74, 6) is 0.348. The summed E-state index contributed by atoms with van der Waals surface area (Å²) in [6.45, 7) is 1.74. The molecule has 0 amide bonds. The van der Waals surface area contributed by atoms with Gasteiger partial charge in [-0.15, -0.1) is 10.2 Å². The maximum absolute atomic E-state index is 11.9. The third-order valence-electron chi connectivity index (χ3n) is 1.91. The van der Waals surface area contributed by atoms with Gasteiger partial charge in [-0.05, 0) is 6.92 Å². The van der Waals surface area contributed by atoms with Gasteiger partial charge in [0.25, 0.3) is 10.0 Å². The van der Waals surface area contributed by atoms with Crippen molar-refractivity contribution >= 4 is 32.4 Å². The van der Waals surface area contributed by atoms with Gasteiger partial charge < -0.3 is 5.32 Å². The van der Waals surface area contributed by atoms with Gasteiger partial charge in [0, 0.05) is 7.05 Å². The molecule has 0 fully saturated rings. The van der Waals surface area contributed by atoms with E-state index in [4.69, 9.17) is 0 Å². The van der Waals surface area contributed by atoms with Crippen LogP contribution in [0.3, 0.4) is 0 Å². The van der Waals surface area contributed by atoms with Crippen LogP contribution in [0.1, 0.15) is 5.01 Å². The summed E-state index contributed by atoms with van der Waals surface area (Å²) < 4.78 is 26.2. The van der Waals surface area contributed by atoms with Crippen LogP contribution in [-0.4, -0.2) is 35.6 Å². The molecule has 2 aromatic rings. The third kappa shape index (κ3) is 2.71. The van der Waals surface area contributed by atoms with E-state index in [9.17, 15) is 8.42 Å². The average molecular weight is 286 g/mol. The van der Waals surface area contributed by atoms with Crippen LogP contribution in [0, 0.1) is 6.92 Å². The Morgan fingerprint density at radius 3 is 2.39 bits per heavy atom. The fourth-order valence-corrected chi connectivity index (χ4v) is 2.81. The zero-order chi connectivity index (χ0) is 13.2. The van der Waals surface area contributed by atoms with E-state index in [1.165, 1.54) is 12.4 Å². The molecule has 0 saturated carbocycles. The molecule has 0 aliphatic rings. The second-order valence-electron chi connectivity index (χ2n) is 3.22. The van der Waals surface area contributed by atoms with Crippen molar-refractivity contribution in [3.63, 3.8) is 0 Å². The van der Waals surface area contributed by atoms with Crippen molar-refractivity contribution in [2.24, 2.45) is 0 Å². The fourth-order valence-electron chi connectivity index (χ4n) is 1.10. The number of nitrogens with zero attached hydrogens (tertiary/aromatic N) is 4. The Kier molecular flexibility index (Phi) is 3.39. The molecule has 0 atom stereocenters. The minimum atomic E-state index is -3.72.